The number of hydrogen-bond acceptors (Lipinski definition) is 4. The molecule has 35 heavy (non-hydrogen) atoms. The zero-order valence-corrected chi connectivity index (χ0v) is 21.1. The molecule has 0 N–H and O–H groups in total. The molecule has 1 fully saturated rings. The van der Waals surface area contributed by atoms with Crippen LogP contribution in [0.4, 0.5) is 5.69 Å². The summed E-state index contributed by atoms with van der Waals surface area (Å²) in [5, 5.41) is 2.17. The summed E-state index contributed by atoms with van der Waals surface area (Å²) in [6.45, 7) is 4.73. The quantitative estimate of drug-likeness (QED) is 0.521. The summed E-state index contributed by atoms with van der Waals surface area (Å²) >= 11 is 0. The minimum Gasteiger partial charge on any atom is -0.311 e. The molecule has 0 saturated carbocycles. The van der Waals surface area contributed by atoms with Crippen molar-refractivity contribution in [2.45, 2.75) is 37.5 Å². The molecular weight excluding hydrogens is 458 g/mol. The van der Waals surface area contributed by atoms with E-state index in [0.717, 1.165) is 35.7 Å². The van der Waals surface area contributed by atoms with Crippen molar-refractivity contribution in [2.24, 2.45) is 0 Å². The SMILES string of the molecule is CCN(C(=O)CN1CCN(S(=O)(=O)c2ccc3c(c2)CCCC3)CC1)c1cccc2ccccc12. The number of carbonyl (C=O) groups is 1. The maximum Gasteiger partial charge on any atom is 0.243 e. The van der Waals surface area contributed by atoms with E-state index in [1.165, 1.54) is 17.5 Å². The highest BCUT2D eigenvalue weighted by Gasteiger charge is 2.30. The maximum atomic E-state index is 13.3. The molecule has 3 aromatic carbocycles. The Labute approximate surface area is 208 Å². The van der Waals surface area contributed by atoms with Crippen molar-refractivity contribution in [1.29, 1.82) is 0 Å². The third-order valence-corrected chi connectivity index (χ3v) is 9.22. The summed E-state index contributed by atoms with van der Waals surface area (Å²) in [5.74, 6) is 0.0369. The number of piperazine rings is 1. The largest absolute Gasteiger partial charge is 0.311 e. The summed E-state index contributed by atoms with van der Waals surface area (Å²) in [6.07, 6.45) is 4.29. The van der Waals surface area contributed by atoms with Crippen molar-refractivity contribution < 1.29 is 13.2 Å². The fourth-order valence-corrected chi connectivity index (χ4v) is 6.82. The fraction of sp³-hybridized carbons (Fsp3) is 0.393. The number of hydrogen-bond donors (Lipinski definition) is 0. The van der Waals surface area contributed by atoms with Gasteiger partial charge in [-0.1, -0.05) is 42.5 Å². The minimum absolute atomic E-state index is 0.0369. The van der Waals surface area contributed by atoms with Gasteiger partial charge < -0.3 is 4.90 Å². The standard InChI is InChI=1S/C28H33N3O3S/c1-2-31(27-13-7-11-23-9-5-6-12-26(23)27)28(32)21-29-16-18-30(19-17-29)35(33,34)25-15-14-22-8-3-4-10-24(22)20-25/h5-7,9,11-15,20H,2-4,8,10,16-19,21H2,1H3. The van der Waals surface area contributed by atoms with Crippen LogP contribution in [0.25, 0.3) is 10.8 Å². The predicted molar refractivity (Wildman–Crippen MR) is 140 cm³/mol. The zero-order valence-electron chi connectivity index (χ0n) is 20.3. The summed E-state index contributed by atoms with van der Waals surface area (Å²) in [7, 11) is -3.52. The Morgan fingerprint density at radius 2 is 1.60 bits per heavy atom. The smallest absolute Gasteiger partial charge is 0.243 e. The van der Waals surface area contributed by atoms with Crippen LogP contribution >= 0.6 is 0 Å². The number of benzene rings is 3. The van der Waals surface area contributed by atoms with Crippen LogP contribution in [-0.2, 0) is 27.7 Å². The second kappa shape index (κ2) is 10.1. The number of fused-ring (bicyclic) bond motifs is 2. The van der Waals surface area contributed by atoms with Gasteiger partial charge in [0.05, 0.1) is 17.1 Å². The number of aryl methyl sites for hydroxylation is 2. The highest BCUT2D eigenvalue weighted by molar-refractivity contribution is 7.89. The molecule has 5 rings (SSSR count). The molecule has 0 unspecified atom stereocenters. The Kier molecular flexibility index (Phi) is 6.91. The Morgan fingerprint density at radius 3 is 2.37 bits per heavy atom. The highest BCUT2D eigenvalue weighted by atomic mass is 32.2. The van der Waals surface area contributed by atoms with Gasteiger partial charge in [0.1, 0.15) is 0 Å². The van der Waals surface area contributed by atoms with Crippen LogP contribution in [0.3, 0.4) is 0 Å². The molecule has 0 bridgehead atoms. The molecule has 1 aliphatic heterocycles. The topological polar surface area (TPSA) is 60.9 Å². The van der Waals surface area contributed by atoms with E-state index in [2.05, 4.69) is 17.0 Å². The molecule has 0 radical (unpaired) electrons. The van der Waals surface area contributed by atoms with E-state index in [1.807, 2.05) is 54.3 Å². The van der Waals surface area contributed by atoms with Crippen molar-refractivity contribution in [3.05, 3.63) is 71.8 Å². The van der Waals surface area contributed by atoms with Crippen molar-refractivity contribution >= 4 is 32.4 Å². The molecule has 6 nitrogen and oxygen atoms in total. The van der Waals surface area contributed by atoms with Gasteiger partial charge >= 0.3 is 0 Å². The first kappa shape index (κ1) is 24.0. The molecule has 1 heterocycles. The molecule has 0 spiro atoms. The van der Waals surface area contributed by atoms with Gasteiger partial charge in [0, 0.05) is 38.1 Å². The molecule has 3 aromatic rings. The summed E-state index contributed by atoms with van der Waals surface area (Å²) in [5.41, 5.74) is 3.38. The molecule has 2 aliphatic rings. The lowest BCUT2D eigenvalue weighted by atomic mass is 9.92. The molecule has 1 amide bonds. The van der Waals surface area contributed by atoms with Crippen LogP contribution in [0, 0.1) is 0 Å². The van der Waals surface area contributed by atoms with Crippen LogP contribution in [0.2, 0.25) is 0 Å². The average Bonchev–Trinajstić information content (AvgIpc) is 2.89. The first-order valence-electron chi connectivity index (χ1n) is 12.6. The monoisotopic (exact) mass is 491 g/mol. The van der Waals surface area contributed by atoms with E-state index in [4.69, 9.17) is 0 Å². The normalized spacial score (nSPS) is 17.3. The van der Waals surface area contributed by atoms with Gasteiger partial charge in [-0.3, -0.25) is 9.69 Å². The molecule has 0 aromatic heterocycles. The number of rotatable bonds is 6. The van der Waals surface area contributed by atoms with Crippen LogP contribution in [0.5, 0.6) is 0 Å². The van der Waals surface area contributed by atoms with Crippen LogP contribution in [-0.4, -0.2) is 62.8 Å². The van der Waals surface area contributed by atoms with Crippen LogP contribution in [0.1, 0.15) is 30.9 Å². The minimum atomic E-state index is -3.52. The van der Waals surface area contributed by atoms with Gasteiger partial charge in [-0.15, -0.1) is 0 Å². The fourth-order valence-electron chi connectivity index (χ4n) is 5.35. The lowest BCUT2D eigenvalue weighted by molar-refractivity contribution is -0.120. The van der Waals surface area contributed by atoms with Crippen LogP contribution in [0.15, 0.2) is 65.6 Å². The van der Waals surface area contributed by atoms with E-state index in [1.54, 1.807) is 10.4 Å². The third-order valence-electron chi connectivity index (χ3n) is 7.32. The number of carbonyl (C=O) groups excluding carboxylic acids is 1. The lowest BCUT2D eigenvalue weighted by Crippen LogP contribution is -2.51. The Morgan fingerprint density at radius 1 is 0.886 bits per heavy atom. The maximum absolute atomic E-state index is 13.3. The van der Waals surface area contributed by atoms with Gasteiger partial charge in [0.25, 0.3) is 0 Å². The zero-order chi connectivity index (χ0) is 24.4. The highest BCUT2D eigenvalue weighted by Crippen LogP contribution is 2.28. The van der Waals surface area contributed by atoms with E-state index >= 15 is 0 Å². The molecular formula is C28H33N3O3S. The van der Waals surface area contributed by atoms with E-state index in [-0.39, 0.29) is 12.5 Å². The van der Waals surface area contributed by atoms with Gasteiger partial charge in [-0.05, 0) is 67.3 Å². The van der Waals surface area contributed by atoms with Crippen molar-refractivity contribution in [2.75, 3.05) is 44.2 Å². The van der Waals surface area contributed by atoms with Crippen molar-refractivity contribution in [1.82, 2.24) is 9.21 Å². The third kappa shape index (κ3) is 4.85. The summed E-state index contributed by atoms with van der Waals surface area (Å²) < 4.78 is 28.2. The number of sulfonamides is 1. The summed E-state index contributed by atoms with van der Waals surface area (Å²) in [4.78, 5) is 17.6. The number of anilines is 1. The van der Waals surface area contributed by atoms with E-state index < -0.39 is 10.0 Å². The summed E-state index contributed by atoms with van der Waals surface area (Å²) in [6, 6.07) is 19.8. The average molecular weight is 492 g/mol. The Bertz CT molecular complexity index is 1330. The van der Waals surface area contributed by atoms with Crippen molar-refractivity contribution in [3.8, 4) is 0 Å². The Balaban J connectivity index is 1.24. The van der Waals surface area contributed by atoms with Crippen LogP contribution < -0.4 is 4.90 Å². The van der Waals surface area contributed by atoms with Gasteiger partial charge in [0.15, 0.2) is 0 Å². The van der Waals surface area contributed by atoms with Gasteiger partial charge in [-0.2, -0.15) is 4.31 Å². The molecule has 184 valence electrons. The lowest BCUT2D eigenvalue weighted by Gasteiger charge is -2.35. The molecule has 1 aliphatic carbocycles. The second-order valence-corrected chi connectivity index (χ2v) is 11.4. The number of nitrogens with zero attached hydrogens (tertiary/aromatic N) is 3. The van der Waals surface area contributed by atoms with Gasteiger partial charge in [0.2, 0.25) is 15.9 Å². The first-order valence-corrected chi connectivity index (χ1v) is 14.0. The molecule has 1 saturated heterocycles. The number of amides is 1. The molecule has 0 atom stereocenters. The van der Waals surface area contributed by atoms with Gasteiger partial charge in [-0.25, -0.2) is 8.42 Å². The number of likely N-dealkylation sites (N-methyl/N-ethyl adjacent to an activating group) is 1. The van der Waals surface area contributed by atoms with E-state index in [9.17, 15) is 13.2 Å². The predicted octanol–water partition coefficient (Wildman–Crippen LogP) is 4.08. The first-order chi connectivity index (χ1) is 17.0. The Hall–Kier alpha value is -2.74. The van der Waals surface area contributed by atoms with E-state index in [0.29, 0.717) is 37.6 Å². The second-order valence-electron chi connectivity index (χ2n) is 9.45. The molecule has 7 heteroatoms. The van der Waals surface area contributed by atoms with Crippen molar-refractivity contribution in [3.63, 3.8) is 0 Å².